The Bertz CT molecular complexity index is 531. The second-order valence-corrected chi connectivity index (χ2v) is 5.25. The Hall–Kier alpha value is -1.62. The number of carbonyl (C=O) groups is 1. The Balaban J connectivity index is 2.18. The number of benzene rings is 1. The van der Waals surface area contributed by atoms with Crippen molar-refractivity contribution >= 4 is 23.5 Å². The average molecular weight is 284 g/mol. The highest BCUT2D eigenvalue weighted by Gasteiger charge is 2.31. The Morgan fingerprint density at radius 2 is 2.21 bits per heavy atom. The van der Waals surface area contributed by atoms with Crippen molar-refractivity contribution in [3.63, 3.8) is 0 Å². The Labute approximate surface area is 116 Å². The van der Waals surface area contributed by atoms with E-state index in [0.717, 1.165) is 0 Å². The summed E-state index contributed by atoms with van der Waals surface area (Å²) in [5, 5.41) is 5.78. The molecule has 1 aliphatic rings. The highest BCUT2D eigenvalue weighted by atomic mass is 35.5. The zero-order valence-electron chi connectivity index (χ0n) is 10.7. The minimum Gasteiger partial charge on any atom is -0.340 e. The maximum atomic E-state index is 13.8. The number of nitrogens with one attached hydrogen (secondary N) is 2. The van der Waals surface area contributed by atoms with E-state index in [-0.39, 0.29) is 11.5 Å². The van der Waals surface area contributed by atoms with Gasteiger partial charge in [-0.2, -0.15) is 0 Å². The molecule has 4 nitrogen and oxygen atoms in total. The van der Waals surface area contributed by atoms with Crippen LogP contribution in [0.25, 0.3) is 0 Å². The predicted octanol–water partition coefficient (Wildman–Crippen LogP) is 2.25. The third-order valence-electron chi connectivity index (χ3n) is 2.67. The van der Waals surface area contributed by atoms with E-state index in [9.17, 15) is 9.18 Å². The van der Waals surface area contributed by atoms with E-state index < -0.39 is 11.9 Å². The zero-order valence-corrected chi connectivity index (χ0v) is 11.5. The molecule has 19 heavy (non-hydrogen) atoms. The van der Waals surface area contributed by atoms with Crippen molar-refractivity contribution in [3.05, 3.63) is 34.6 Å². The van der Waals surface area contributed by atoms with Crippen LogP contribution in [0.3, 0.4) is 0 Å². The van der Waals surface area contributed by atoms with Crippen LogP contribution in [0.2, 0.25) is 5.02 Å². The van der Waals surface area contributed by atoms with Crippen LogP contribution in [0.4, 0.5) is 4.39 Å². The molecule has 1 unspecified atom stereocenters. The molecule has 1 atom stereocenters. The van der Waals surface area contributed by atoms with Gasteiger partial charge in [-0.1, -0.05) is 31.5 Å². The molecule has 1 heterocycles. The number of aliphatic imine (C=N–C) groups is 1. The molecule has 1 amide bonds. The number of hydrogen-bond acceptors (Lipinski definition) is 2. The van der Waals surface area contributed by atoms with Crippen molar-refractivity contribution in [2.75, 3.05) is 6.54 Å². The standard InChI is InChI=1S/C13H15ClFN3O/c1-7(2)6-16-13-17-11(12(19)18-13)9-4-3-8(14)5-10(9)15/h3-5,7,11H,6H2,1-2H3,(H2,16,17,18,19). The van der Waals surface area contributed by atoms with E-state index in [4.69, 9.17) is 11.6 Å². The largest absolute Gasteiger partial charge is 0.340 e. The van der Waals surface area contributed by atoms with Crippen LogP contribution in [0.5, 0.6) is 0 Å². The lowest BCUT2D eigenvalue weighted by molar-refractivity contribution is -0.120. The maximum absolute atomic E-state index is 13.8. The number of rotatable bonds is 3. The van der Waals surface area contributed by atoms with Gasteiger partial charge < -0.3 is 5.32 Å². The summed E-state index contributed by atoms with van der Waals surface area (Å²) in [4.78, 5) is 16.0. The number of nitrogens with zero attached hydrogens (tertiary/aromatic N) is 1. The van der Waals surface area contributed by atoms with Crippen LogP contribution < -0.4 is 10.6 Å². The molecule has 1 aromatic rings. The minimum absolute atomic E-state index is 0.261. The molecule has 1 aliphatic heterocycles. The molecule has 0 aliphatic carbocycles. The second kappa shape index (κ2) is 5.57. The highest BCUT2D eigenvalue weighted by molar-refractivity contribution is 6.30. The molecular formula is C13H15ClFN3O. The van der Waals surface area contributed by atoms with Crippen molar-refractivity contribution in [2.45, 2.75) is 19.9 Å². The van der Waals surface area contributed by atoms with Gasteiger partial charge in [-0.25, -0.2) is 4.39 Å². The first-order valence-electron chi connectivity index (χ1n) is 6.04. The van der Waals surface area contributed by atoms with Gasteiger partial charge in [0.05, 0.1) is 0 Å². The Morgan fingerprint density at radius 1 is 1.47 bits per heavy atom. The fourth-order valence-electron chi connectivity index (χ4n) is 1.74. The monoisotopic (exact) mass is 283 g/mol. The summed E-state index contributed by atoms with van der Waals surface area (Å²) >= 11 is 5.69. The summed E-state index contributed by atoms with van der Waals surface area (Å²) in [6, 6.07) is 3.48. The van der Waals surface area contributed by atoms with Gasteiger partial charge in [-0.15, -0.1) is 0 Å². The van der Waals surface area contributed by atoms with Crippen molar-refractivity contribution in [1.82, 2.24) is 10.6 Å². The van der Waals surface area contributed by atoms with Gasteiger partial charge in [0.15, 0.2) is 5.96 Å². The van der Waals surface area contributed by atoms with E-state index in [2.05, 4.69) is 15.6 Å². The molecule has 2 rings (SSSR count). The number of amides is 1. The van der Waals surface area contributed by atoms with Crippen molar-refractivity contribution in [1.29, 1.82) is 0 Å². The van der Waals surface area contributed by atoms with Gasteiger partial charge in [0, 0.05) is 17.1 Å². The van der Waals surface area contributed by atoms with E-state index in [1.165, 1.54) is 12.1 Å². The first kappa shape index (κ1) is 13.8. The topological polar surface area (TPSA) is 53.5 Å². The highest BCUT2D eigenvalue weighted by Crippen LogP contribution is 2.22. The lowest BCUT2D eigenvalue weighted by Crippen LogP contribution is -2.26. The summed E-state index contributed by atoms with van der Waals surface area (Å²) in [5.41, 5.74) is 0.261. The molecular weight excluding hydrogens is 269 g/mol. The average Bonchev–Trinajstić information content (AvgIpc) is 2.68. The maximum Gasteiger partial charge on any atom is 0.254 e. The van der Waals surface area contributed by atoms with Crippen molar-refractivity contribution in [3.8, 4) is 0 Å². The van der Waals surface area contributed by atoms with Gasteiger partial charge in [-0.3, -0.25) is 15.1 Å². The van der Waals surface area contributed by atoms with Crippen molar-refractivity contribution in [2.24, 2.45) is 10.9 Å². The van der Waals surface area contributed by atoms with E-state index in [1.54, 1.807) is 6.07 Å². The van der Waals surface area contributed by atoms with Gasteiger partial charge in [-0.05, 0) is 18.1 Å². The molecule has 0 aromatic heterocycles. The molecule has 1 saturated heterocycles. The summed E-state index contributed by atoms with van der Waals surface area (Å²) < 4.78 is 13.8. The smallest absolute Gasteiger partial charge is 0.254 e. The van der Waals surface area contributed by atoms with Gasteiger partial charge in [0.25, 0.3) is 5.91 Å². The second-order valence-electron chi connectivity index (χ2n) is 4.82. The lowest BCUT2D eigenvalue weighted by Gasteiger charge is -2.09. The summed E-state index contributed by atoms with van der Waals surface area (Å²) in [6.07, 6.45) is 0. The molecule has 2 N–H and O–H groups in total. The van der Waals surface area contributed by atoms with Gasteiger partial charge >= 0.3 is 0 Å². The van der Waals surface area contributed by atoms with Crippen LogP contribution in [-0.4, -0.2) is 18.4 Å². The molecule has 1 aromatic carbocycles. The molecule has 0 spiro atoms. The number of hydrogen-bond donors (Lipinski definition) is 2. The third kappa shape index (κ3) is 3.23. The van der Waals surface area contributed by atoms with Gasteiger partial charge in [0.2, 0.25) is 0 Å². The normalized spacial score (nSPS) is 20.8. The van der Waals surface area contributed by atoms with Crippen LogP contribution in [0, 0.1) is 11.7 Å². The summed E-state index contributed by atoms with van der Waals surface area (Å²) in [7, 11) is 0. The van der Waals surface area contributed by atoms with Crippen LogP contribution in [-0.2, 0) is 4.79 Å². The molecule has 0 radical (unpaired) electrons. The number of guanidine groups is 1. The molecule has 6 heteroatoms. The lowest BCUT2D eigenvalue weighted by atomic mass is 10.1. The van der Waals surface area contributed by atoms with E-state index in [0.29, 0.717) is 23.4 Å². The fraction of sp³-hybridized carbons (Fsp3) is 0.385. The summed E-state index contributed by atoms with van der Waals surface area (Å²) in [6.45, 7) is 4.65. The van der Waals surface area contributed by atoms with E-state index >= 15 is 0 Å². The minimum atomic E-state index is -0.761. The third-order valence-corrected chi connectivity index (χ3v) is 2.91. The van der Waals surface area contributed by atoms with E-state index in [1.807, 2.05) is 13.8 Å². The van der Waals surface area contributed by atoms with Crippen molar-refractivity contribution < 1.29 is 9.18 Å². The van der Waals surface area contributed by atoms with Crippen LogP contribution >= 0.6 is 11.6 Å². The van der Waals surface area contributed by atoms with Crippen LogP contribution in [0.15, 0.2) is 23.2 Å². The Morgan fingerprint density at radius 3 is 2.84 bits per heavy atom. The predicted molar refractivity (Wildman–Crippen MR) is 72.6 cm³/mol. The fourth-order valence-corrected chi connectivity index (χ4v) is 1.90. The molecule has 102 valence electrons. The first-order chi connectivity index (χ1) is 8.97. The molecule has 1 fully saturated rings. The van der Waals surface area contributed by atoms with Gasteiger partial charge in [0.1, 0.15) is 11.9 Å². The summed E-state index contributed by atoms with van der Waals surface area (Å²) in [5.74, 6) is -0.0513. The molecule has 0 saturated carbocycles. The first-order valence-corrected chi connectivity index (χ1v) is 6.42. The molecule has 0 bridgehead atoms. The quantitative estimate of drug-likeness (QED) is 0.894. The zero-order chi connectivity index (χ0) is 14.0. The SMILES string of the molecule is CC(C)CN=C1NC(=O)C(c2ccc(Cl)cc2F)N1. The Kier molecular flexibility index (Phi) is 4.04. The van der Waals surface area contributed by atoms with Crippen LogP contribution in [0.1, 0.15) is 25.5 Å². The number of carbonyl (C=O) groups excluding carboxylic acids is 1. The number of halogens is 2.